The number of fused-ring (bicyclic) bond motifs is 2. The Morgan fingerprint density at radius 3 is 3.11 bits per heavy atom. The van der Waals surface area contributed by atoms with E-state index < -0.39 is 0 Å². The van der Waals surface area contributed by atoms with E-state index in [0.29, 0.717) is 5.92 Å². The van der Waals surface area contributed by atoms with Crippen LogP contribution in [-0.4, -0.2) is 23.1 Å². The lowest BCUT2D eigenvalue weighted by Gasteiger charge is -2.09. The first-order chi connectivity index (χ1) is 9.31. The molecule has 3 heterocycles. The molecule has 0 spiro atoms. The number of hydrogen-bond acceptors (Lipinski definition) is 4. The first-order valence-corrected chi connectivity index (χ1v) is 7.60. The van der Waals surface area contributed by atoms with E-state index in [-0.39, 0.29) is 4.95 Å². The van der Waals surface area contributed by atoms with Crippen LogP contribution in [0.2, 0.25) is 0 Å². The molecular weight excluding hydrogens is 304 g/mol. The quantitative estimate of drug-likeness (QED) is 0.625. The molecule has 1 saturated heterocycles. The van der Waals surface area contributed by atoms with Crippen LogP contribution in [0.1, 0.15) is 34.2 Å². The maximum Gasteiger partial charge on any atom is 0.133 e. The molecule has 2 atom stereocenters. The SMILES string of the molecule is BrC1NCc2cc3cnc(C4CCNC4)nc3cc21. The summed E-state index contributed by atoms with van der Waals surface area (Å²) in [7, 11) is 0. The van der Waals surface area contributed by atoms with Crippen molar-refractivity contribution in [2.45, 2.75) is 23.8 Å². The van der Waals surface area contributed by atoms with Crippen molar-refractivity contribution in [2.75, 3.05) is 13.1 Å². The van der Waals surface area contributed by atoms with Crippen molar-refractivity contribution in [1.82, 2.24) is 20.6 Å². The number of aromatic nitrogens is 2. The molecule has 0 bridgehead atoms. The molecule has 1 aromatic carbocycles. The van der Waals surface area contributed by atoms with Gasteiger partial charge in [0.05, 0.1) is 10.5 Å². The van der Waals surface area contributed by atoms with Crippen molar-refractivity contribution in [3.63, 3.8) is 0 Å². The molecule has 1 fully saturated rings. The molecule has 4 nitrogen and oxygen atoms in total. The van der Waals surface area contributed by atoms with E-state index in [2.05, 4.69) is 43.7 Å². The molecule has 4 rings (SSSR count). The van der Waals surface area contributed by atoms with Gasteiger partial charge in [0.25, 0.3) is 0 Å². The Labute approximate surface area is 120 Å². The molecule has 19 heavy (non-hydrogen) atoms. The van der Waals surface area contributed by atoms with Gasteiger partial charge in [0.15, 0.2) is 0 Å². The summed E-state index contributed by atoms with van der Waals surface area (Å²) >= 11 is 3.64. The van der Waals surface area contributed by atoms with Crippen LogP contribution in [-0.2, 0) is 6.54 Å². The van der Waals surface area contributed by atoms with Crippen molar-refractivity contribution < 1.29 is 0 Å². The first kappa shape index (κ1) is 11.8. The lowest BCUT2D eigenvalue weighted by atomic mass is 10.1. The van der Waals surface area contributed by atoms with Gasteiger partial charge in [0.2, 0.25) is 0 Å². The van der Waals surface area contributed by atoms with Crippen molar-refractivity contribution >= 4 is 26.8 Å². The third-order valence-electron chi connectivity index (χ3n) is 4.03. The molecule has 0 amide bonds. The fourth-order valence-corrected chi connectivity index (χ4v) is 3.51. The number of nitrogens with zero attached hydrogens (tertiary/aromatic N) is 2. The first-order valence-electron chi connectivity index (χ1n) is 6.69. The number of halogens is 1. The minimum Gasteiger partial charge on any atom is -0.316 e. The Bertz CT molecular complexity index is 637. The fraction of sp³-hybridized carbons (Fsp3) is 0.429. The number of alkyl halides is 1. The van der Waals surface area contributed by atoms with E-state index in [1.165, 1.54) is 11.1 Å². The van der Waals surface area contributed by atoms with Gasteiger partial charge in [-0.15, -0.1) is 0 Å². The number of rotatable bonds is 1. The zero-order valence-electron chi connectivity index (χ0n) is 10.5. The highest BCUT2D eigenvalue weighted by molar-refractivity contribution is 9.09. The van der Waals surface area contributed by atoms with Crippen molar-refractivity contribution in [3.8, 4) is 0 Å². The normalized spacial score (nSPS) is 25.9. The second-order valence-electron chi connectivity index (χ2n) is 5.27. The average Bonchev–Trinajstić information content (AvgIpc) is 3.07. The number of nitrogens with one attached hydrogen (secondary N) is 2. The molecule has 0 aliphatic carbocycles. The lowest BCUT2D eigenvalue weighted by Crippen LogP contribution is -2.10. The third-order valence-corrected chi connectivity index (χ3v) is 4.85. The number of benzene rings is 1. The summed E-state index contributed by atoms with van der Waals surface area (Å²) in [6.45, 7) is 2.98. The van der Waals surface area contributed by atoms with E-state index in [1.807, 2.05) is 6.20 Å². The van der Waals surface area contributed by atoms with Crippen molar-refractivity contribution in [3.05, 3.63) is 35.3 Å². The fourth-order valence-electron chi connectivity index (χ4n) is 2.93. The Morgan fingerprint density at radius 1 is 1.32 bits per heavy atom. The highest BCUT2D eigenvalue weighted by atomic mass is 79.9. The summed E-state index contributed by atoms with van der Waals surface area (Å²) in [6.07, 6.45) is 3.11. The van der Waals surface area contributed by atoms with Crippen LogP contribution in [0.5, 0.6) is 0 Å². The third kappa shape index (κ3) is 1.96. The van der Waals surface area contributed by atoms with Crippen LogP contribution in [0.25, 0.3) is 10.9 Å². The predicted octanol–water partition coefficient (Wildman–Crippen LogP) is 2.20. The van der Waals surface area contributed by atoms with Gasteiger partial charge >= 0.3 is 0 Å². The highest BCUT2D eigenvalue weighted by Gasteiger charge is 2.22. The Balaban J connectivity index is 1.82. The molecule has 5 heteroatoms. The summed E-state index contributed by atoms with van der Waals surface area (Å²) in [5.41, 5.74) is 3.71. The van der Waals surface area contributed by atoms with Gasteiger partial charge < -0.3 is 5.32 Å². The smallest absolute Gasteiger partial charge is 0.133 e. The molecule has 2 aromatic rings. The van der Waals surface area contributed by atoms with Crippen LogP contribution in [0.4, 0.5) is 0 Å². The van der Waals surface area contributed by atoms with Gasteiger partial charge in [-0.25, -0.2) is 9.97 Å². The highest BCUT2D eigenvalue weighted by Crippen LogP contribution is 2.32. The average molecular weight is 319 g/mol. The summed E-state index contributed by atoms with van der Waals surface area (Å²) in [6, 6.07) is 4.40. The van der Waals surface area contributed by atoms with Gasteiger partial charge in [-0.2, -0.15) is 0 Å². The number of hydrogen-bond donors (Lipinski definition) is 2. The maximum atomic E-state index is 4.77. The van der Waals surface area contributed by atoms with Gasteiger partial charge in [0, 0.05) is 30.6 Å². The largest absolute Gasteiger partial charge is 0.316 e. The van der Waals surface area contributed by atoms with E-state index in [0.717, 1.165) is 42.8 Å². The lowest BCUT2D eigenvalue weighted by molar-refractivity contribution is 0.707. The Morgan fingerprint density at radius 2 is 2.26 bits per heavy atom. The molecule has 0 saturated carbocycles. The molecular formula is C14H15BrN4. The van der Waals surface area contributed by atoms with Crippen LogP contribution in [0.3, 0.4) is 0 Å². The molecule has 2 aliphatic rings. The Hall–Kier alpha value is -1.04. The zero-order chi connectivity index (χ0) is 12.8. The van der Waals surface area contributed by atoms with E-state index in [9.17, 15) is 0 Å². The minimum atomic E-state index is 0.249. The van der Waals surface area contributed by atoms with Gasteiger partial charge in [-0.05, 0) is 36.2 Å². The van der Waals surface area contributed by atoms with Crippen LogP contribution < -0.4 is 10.6 Å². The van der Waals surface area contributed by atoms with E-state index >= 15 is 0 Å². The summed E-state index contributed by atoms with van der Waals surface area (Å²) in [5, 5.41) is 7.89. The Kier molecular flexibility index (Phi) is 2.79. The topological polar surface area (TPSA) is 49.8 Å². The zero-order valence-corrected chi connectivity index (χ0v) is 12.1. The van der Waals surface area contributed by atoms with Crippen molar-refractivity contribution in [2.24, 2.45) is 0 Å². The van der Waals surface area contributed by atoms with E-state index in [1.54, 1.807) is 0 Å². The minimum absolute atomic E-state index is 0.249. The second kappa shape index (κ2) is 4.51. The van der Waals surface area contributed by atoms with E-state index in [4.69, 9.17) is 4.98 Å². The van der Waals surface area contributed by atoms with Gasteiger partial charge in [-0.1, -0.05) is 15.9 Å². The summed E-state index contributed by atoms with van der Waals surface area (Å²) in [5.74, 6) is 1.45. The summed E-state index contributed by atoms with van der Waals surface area (Å²) in [4.78, 5) is 9.57. The second-order valence-corrected chi connectivity index (χ2v) is 6.19. The molecule has 2 unspecified atom stereocenters. The summed E-state index contributed by atoms with van der Waals surface area (Å²) < 4.78 is 0. The molecule has 2 aliphatic heterocycles. The predicted molar refractivity (Wildman–Crippen MR) is 78.3 cm³/mol. The monoisotopic (exact) mass is 318 g/mol. The molecule has 2 N–H and O–H groups in total. The van der Waals surface area contributed by atoms with Crippen molar-refractivity contribution in [1.29, 1.82) is 0 Å². The molecule has 0 radical (unpaired) electrons. The van der Waals surface area contributed by atoms with Crippen LogP contribution in [0.15, 0.2) is 18.3 Å². The standard InChI is InChI=1S/C14H15BrN4/c15-13-11-4-12-10(3-9(11)6-17-13)7-18-14(19-12)8-1-2-16-5-8/h3-4,7-8,13,16-17H,1-2,5-6H2. The van der Waals surface area contributed by atoms with Crippen LogP contribution in [0, 0.1) is 0 Å². The maximum absolute atomic E-state index is 4.77. The van der Waals surface area contributed by atoms with Crippen LogP contribution >= 0.6 is 15.9 Å². The van der Waals surface area contributed by atoms with Gasteiger partial charge in [-0.3, -0.25) is 5.32 Å². The molecule has 1 aromatic heterocycles. The molecule has 98 valence electrons. The van der Waals surface area contributed by atoms with Gasteiger partial charge in [0.1, 0.15) is 5.82 Å².